The highest BCUT2D eigenvalue weighted by atomic mass is 31.2. The van der Waals surface area contributed by atoms with Crippen molar-refractivity contribution in [2.75, 3.05) is 28.4 Å². The summed E-state index contributed by atoms with van der Waals surface area (Å²) >= 11 is 0. The average molecular weight is 284 g/mol. The maximum absolute atomic E-state index is 11.8. The summed E-state index contributed by atoms with van der Waals surface area (Å²) < 4.78 is 34.8. The Morgan fingerprint density at radius 1 is 1.06 bits per heavy atom. The molecule has 0 N–H and O–H groups in total. The van der Waals surface area contributed by atoms with E-state index in [0.29, 0.717) is 0 Å². The molecule has 0 radical (unpaired) electrons. The van der Waals surface area contributed by atoms with Gasteiger partial charge in [0.25, 0.3) is 0 Å². The van der Waals surface area contributed by atoms with Crippen molar-refractivity contribution in [3.05, 3.63) is 0 Å². The van der Waals surface area contributed by atoms with Crippen molar-refractivity contribution >= 4 is 19.8 Å². The first kappa shape index (κ1) is 17.1. The quantitative estimate of drug-likeness (QED) is 0.502. The van der Waals surface area contributed by atoms with Crippen LogP contribution in [0.15, 0.2) is 0 Å². The minimum absolute atomic E-state index is 0.493. The Hall–Kier alpha value is -0.950. The first-order chi connectivity index (χ1) is 8.26. The lowest BCUT2D eigenvalue weighted by molar-refractivity contribution is -0.166. The van der Waals surface area contributed by atoms with Gasteiger partial charge >= 0.3 is 19.8 Å². The zero-order chi connectivity index (χ0) is 14.4. The fourth-order valence-corrected chi connectivity index (χ4v) is 2.03. The van der Waals surface area contributed by atoms with Crippen molar-refractivity contribution in [1.29, 1.82) is 0 Å². The largest absolute Gasteiger partial charge is 0.475 e. The molecule has 0 aliphatic carbocycles. The lowest BCUT2D eigenvalue weighted by atomic mass is 10.0. The van der Waals surface area contributed by atoms with Crippen LogP contribution in [0, 0.1) is 0 Å². The number of esters is 2. The molecule has 0 aliphatic heterocycles. The molecule has 0 bridgehead atoms. The molecule has 0 spiro atoms. The van der Waals surface area contributed by atoms with Gasteiger partial charge in [-0.15, -0.1) is 0 Å². The van der Waals surface area contributed by atoms with Gasteiger partial charge in [0.2, 0.25) is 0 Å². The van der Waals surface area contributed by atoms with Crippen molar-refractivity contribution < 1.29 is 37.2 Å². The van der Waals surface area contributed by atoms with Crippen molar-refractivity contribution in [1.82, 2.24) is 0 Å². The predicted octanol–water partition coefficient (Wildman–Crippen LogP) is 0.899. The number of hydrogen-bond acceptors (Lipinski definition) is 8. The fraction of sp³-hybridized carbons (Fsp3) is 0.778. The van der Waals surface area contributed by atoms with Crippen LogP contribution in [-0.2, 0) is 37.2 Å². The van der Waals surface area contributed by atoms with Crippen LogP contribution in [0.1, 0.15) is 13.3 Å². The maximum Gasteiger partial charge on any atom is 0.475 e. The Morgan fingerprint density at radius 2 is 1.56 bits per heavy atom. The number of phosphoric acid groups is 1. The van der Waals surface area contributed by atoms with Crippen molar-refractivity contribution in [3.63, 3.8) is 0 Å². The molecule has 1 atom stereocenters. The summed E-state index contributed by atoms with van der Waals surface area (Å²) in [6.45, 7) is 1.22. The zero-order valence-electron chi connectivity index (χ0n) is 10.9. The first-order valence-electron chi connectivity index (χ1n) is 4.84. The van der Waals surface area contributed by atoms with Crippen LogP contribution in [0.25, 0.3) is 0 Å². The topological polar surface area (TPSA) is 97.4 Å². The number of carbonyl (C=O) groups is 2. The third-order valence-corrected chi connectivity index (χ3v) is 3.61. The molecular weight excluding hydrogens is 267 g/mol. The summed E-state index contributed by atoms with van der Waals surface area (Å²) in [6, 6.07) is 0. The lowest BCUT2D eigenvalue weighted by Gasteiger charge is -2.28. The second-order valence-electron chi connectivity index (χ2n) is 3.38. The van der Waals surface area contributed by atoms with Gasteiger partial charge in [-0.2, -0.15) is 0 Å². The number of phosphoric ester groups is 1. The molecule has 0 aromatic carbocycles. The summed E-state index contributed by atoms with van der Waals surface area (Å²) in [5.41, 5.74) is -1.83. The minimum atomic E-state index is -3.95. The highest BCUT2D eigenvalue weighted by Crippen LogP contribution is 2.52. The summed E-state index contributed by atoms with van der Waals surface area (Å²) in [5.74, 6) is -1.64. The summed E-state index contributed by atoms with van der Waals surface area (Å²) in [6.07, 6.45) is -0.493. The van der Waals surface area contributed by atoms with Gasteiger partial charge in [0, 0.05) is 14.2 Å². The lowest BCUT2D eigenvalue weighted by Crippen LogP contribution is -2.41. The average Bonchev–Trinajstić information content (AvgIpc) is 2.37. The summed E-state index contributed by atoms with van der Waals surface area (Å²) in [5, 5.41) is 0. The standard InChI is InChI=1S/C9H17O8P/c1-9(8(11)14-3,6-7(10)13-2)17-18(12,15-4)16-5/h6H2,1-5H3. The molecule has 1 unspecified atom stereocenters. The van der Waals surface area contributed by atoms with E-state index in [1.54, 1.807) is 0 Å². The Balaban J connectivity index is 5.17. The van der Waals surface area contributed by atoms with Crippen molar-refractivity contribution in [2.24, 2.45) is 0 Å². The van der Waals surface area contributed by atoms with Crippen LogP contribution < -0.4 is 0 Å². The molecule has 0 aromatic rings. The first-order valence-corrected chi connectivity index (χ1v) is 6.30. The predicted molar refractivity (Wildman–Crippen MR) is 59.8 cm³/mol. The molecule has 8 nitrogen and oxygen atoms in total. The van der Waals surface area contributed by atoms with E-state index < -0.39 is 31.8 Å². The highest BCUT2D eigenvalue weighted by molar-refractivity contribution is 7.48. The number of methoxy groups -OCH3 is 2. The maximum atomic E-state index is 11.8. The Morgan fingerprint density at radius 3 is 1.89 bits per heavy atom. The van der Waals surface area contributed by atoms with Crippen LogP contribution in [-0.4, -0.2) is 46.0 Å². The second kappa shape index (κ2) is 6.84. The molecule has 0 saturated heterocycles. The molecule has 0 aliphatic rings. The van der Waals surface area contributed by atoms with Crippen LogP contribution in [0.2, 0.25) is 0 Å². The van der Waals surface area contributed by atoms with Crippen LogP contribution in [0.3, 0.4) is 0 Å². The third-order valence-electron chi connectivity index (χ3n) is 2.09. The highest BCUT2D eigenvalue weighted by Gasteiger charge is 2.45. The number of rotatable bonds is 7. The third kappa shape index (κ3) is 4.38. The number of ether oxygens (including phenoxy) is 2. The zero-order valence-corrected chi connectivity index (χ0v) is 11.8. The van der Waals surface area contributed by atoms with Gasteiger partial charge < -0.3 is 9.47 Å². The Labute approximate surface area is 105 Å². The SMILES string of the molecule is COC(=O)CC(C)(OP(=O)(OC)OC)C(=O)OC. The Kier molecular flexibility index (Phi) is 6.48. The van der Waals surface area contributed by atoms with Crippen LogP contribution >= 0.6 is 7.82 Å². The van der Waals surface area contributed by atoms with E-state index in [1.807, 2.05) is 0 Å². The second-order valence-corrected chi connectivity index (χ2v) is 5.19. The normalized spacial score (nSPS) is 14.7. The van der Waals surface area contributed by atoms with Gasteiger partial charge in [-0.05, 0) is 6.92 Å². The molecule has 0 rings (SSSR count). The molecule has 0 aromatic heterocycles. The summed E-state index contributed by atoms with van der Waals surface area (Å²) in [4.78, 5) is 22.8. The number of carbonyl (C=O) groups excluding carboxylic acids is 2. The molecule has 106 valence electrons. The van der Waals surface area contributed by atoms with Gasteiger partial charge in [-0.3, -0.25) is 18.4 Å². The van der Waals surface area contributed by atoms with E-state index in [2.05, 4.69) is 18.5 Å². The van der Waals surface area contributed by atoms with Gasteiger partial charge in [0.05, 0.1) is 20.6 Å². The number of hydrogen-bond donors (Lipinski definition) is 0. The van der Waals surface area contributed by atoms with Gasteiger partial charge in [0.15, 0.2) is 5.60 Å². The van der Waals surface area contributed by atoms with E-state index >= 15 is 0 Å². The summed E-state index contributed by atoms with van der Waals surface area (Å²) in [7, 11) is 0.470. The molecule has 9 heteroatoms. The van der Waals surface area contributed by atoms with Crippen LogP contribution in [0.4, 0.5) is 0 Å². The van der Waals surface area contributed by atoms with E-state index in [1.165, 1.54) is 6.92 Å². The van der Waals surface area contributed by atoms with E-state index in [-0.39, 0.29) is 0 Å². The molecular formula is C9H17O8P. The van der Waals surface area contributed by atoms with Crippen LogP contribution in [0.5, 0.6) is 0 Å². The fourth-order valence-electron chi connectivity index (χ4n) is 1.10. The van der Waals surface area contributed by atoms with E-state index in [0.717, 1.165) is 28.4 Å². The van der Waals surface area contributed by atoms with Gasteiger partial charge in [-0.1, -0.05) is 0 Å². The van der Waals surface area contributed by atoms with E-state index in [9.17, 15) is 14.2 Å². The monoisotopic (exact) mass is 284 g/mol. The van der Waals surface area contributed by atoms with Gasteiger partial charge in [-0.25, -0.2) is 9.36 Å². The minimum Gasteiger partial charge on any atom is -0.469 e. The molecule has 0 fully saturated rings. The van der Waals surface area contributed by atoms with Gasteiger partial charge in [0.1, 0.15) is 0 Å². The Bertz CT molecular complexity index is 346. The molecule has 0 saturated carbocycles. The smallest absolute Gasteiger partial charge is 0.469 e. The van der Waals surface area contributed by atoms with Crippen molar-refractivity contribution in [3.8, 4) is 0 Å². The molecule has 18 heavy (non-hydrogen) atoms. The van der Waals surface area contributed by atoms with Crippen molar-refractivity contribution in [2.45, 2.75) is 18.9 Å². The molecule has 0 amide bonds. The van der Waals surface area contributed by atoms with E-state index in [4.69, 9.17) is 4.52 Å². The molecule has 0 heterocycles.